The summed E-state index contributed by atoms with van der Waals surface area (Å²) in [6.45, 7) is 0. The summed E-state index contributed by atoms with van der Waals surface area (Å²) in [4.78, 5) is 8.49. The molecule has 0 amide bonds. The largest absolute Gasteiger partial charge is 0.383 e. The lowest BCUT2D eigenvalue weighted by Gasteiger charge is -2.00. The summed E-state index contributed by atoms with van der Waals surface area (Å²) >= 11 is 5.15. The number of fused-ring (bicyclic) bond motifs is 1. The molecule has 0 unspecified atom stereocenters. The van der Waals surface area contributed by atoms with Crippen molar-refractivity contribution in [1.82, 2.24) is 9.97 Å². The third-order valence-electron chi connectivity index (χ3n) is 2.73. The van der Waals surface area contributed by atoms with Gasteiger partial charge in [-0.05, 0) is 40.2 Å². The molecule has 0 aliphatic carbocycles. The number of pyridine rings is 2. The van der Waals surface area contributed by atoms with Gasteiger partial charge in [0.05, 0.1) is 5.69 Å². The minimum atomic E-state index is 0.554. The van der Waals surface area contributed by atoms with E-state index in [9.17, 15) is 0 Å². The maximum atomic E-state index is 5.91. The Kier molecular flexibility index (Phi) is 3.31. The van der Waals surface area contributed by atoms with E-state index >= 15 is 0 Å². The van der Waals surface area contributed by atoms with Gasteiger partial charge in [-0.1, -0.05) is 6.07 Å². The Morgan fingerprint density at radius 2 is 2.11 bits per heavy atom. The molecular formula is C14H10BrN3S. The molecule has 3 aromatic rings. The smallest absolute Gasteiger partial charge is 0.133 e. The van der Waals surface area contributed by atoms with Crippen LogP contribution in [0.2, 0.25) is 0 Å². The van der Waals surface area contributed by atoms with E-state index in [0.717, 1.165) is 25.8 Å². The van der Waals surface area contributed by atoms with Crippen molar-refractivity contribution < 1.29 is 0 Å². The van der Waals surface area contributed by atoms with Gasteiger partial charge in [-0.2, -0.15) is 0 Å². The highest BCUT2D eigenvalue weighted by atomic mass is 79.9. The zero-order chi connectivity index (χ0) is 13.2. The summed E-state index contributed by atoms with van der Waals surface area (Å²) in [5.41, 5.74) is 7.87. The lowest BCUT2D eigenvalue weighted by molar-refractivity contribution is 1.30. The van der Waals surface area contributed by atoms with Crippen LogP contribution >= 0.6 is 27.3 Å². The van der Waals surface area contributed by atoms with Crippen molar-refractivity contribution in [3.8, 4) is 0 Å². The van der Waals surface area contributed by atoms with Crippen LogP contribution in [0.25, 0.3) is 22.2 Å². The Balaban J connectivity index is 2.07. The van der Waals surface area contributed by atoms with Crippen LogP contribution in [0.5, 0.6) is 0 Å². The fourth-order valence-corrected chi connectivity index (χ4v) is 3.56. The van der Waals surface area contributed by atoms with Crippen LogP contribution in [0.1, 0.15) is 11.3 Å². The maximum Gasteiger partial charge on any atom is 0.133 e. The third-order valence-corrected chi connectivity index (χ3v) is 4.69. The number of hydrogen-bond acceptors (Lipinski definition) is 4. The lowest BCUT2D eigenvalue weighted by atomic mass is 10.2. The molecule has 0 aliphatic rings. The van der Waals surface area contributed by atoms with E-state index in [1.807, 2.05) is 35.7 Å². The number of rotatable bonds is 2. The quantitative estimate of drug-likeness (QED) is 0.765. The maximum absolute atomic E-state index is 5.91. The number of hydrogen-bond donors (Lipinski definition) is 1. The first kappa shape index (κ1) is 12.3. The highest BCUT2D eigenvalue weighted by molar-refractivity contribution is 9.10. The molecule has 2 N–H and O–H groups in total. The zero-order valence-electron chi connectivity index (χ0n) is 9.88. The number of nitrogen functional groups attached to an aromatic ring is 1. The molecule has 0 saturated heterocycles. The average Bonchev–Trinajstić information content (AvgIpc) is 2.83. The summed E-state index contributed by atoms with van der Waals surface area (Å²) in [6.07, 6.45) is 7.55. The number of nitrogens with two attached hydrogens (primary N) is 1. The minimum absolute atomic E-state index is 0.554. The van der Waals surface area contributed by atoms with Crippen molar-refractivity contribution in [3.05, 3.63) is 51.7 Å². The summed E-state index contributed by atoms with van der Waals surface area (Å²) in [5, 5.41) is 3.01. The molecule has 0 radical (unpaired) electrons. The SMILES string of the molecule is Nc1ncc(/C=C/c2ccccn2)c2scc(Br)c12. The van der Waals surface area contributed by atoms with Crippen molar-refractivity contribution >= 4 is 55.3 Å². The number of nitrogens with zero attached hydrogens (tertiary/aromatic N) is 2. The first-order valence-electron chi connectivity index (χ1n) is 5.66. The molecule has 0 spiro atoms. The second-order valence-corrected chi connectivity index (χ2v) is 5.71. The molecule has 3 heterocycles. The monoisotopic (exact) mass is 331 g/mol. The minimum Gasteiger partial charge on any atom is -0.383 e. The predicted octanol–water partition coefficient (Wildman–Crippen LogP) is 4.21. The Hall–Kier alpha value is -1.72. The van der Waals surface area contributed by atoms with Gasteiger partial charge in [0.15, 0.2) is 0 Å². The van der Waals surface area contributed by atoms with Crippen molar-refractivity contribution in [2.24, 2.45) is 0 Å². The Bertz CT molecular complexity index is 750. The lowest BCUT2D eigenvalue weighted by Crippen LogP contribution is -1.91. The molecule has 0 atom stereocenters. The Labute approximate surface area is 122 Å². The van der Waals surface area contributed by atoms with Crippen molar-refractivity contribution in [1.29, 1.82) is 0 Å². The second-order valence-electron chi connectivity index (χ2n) is 3.97. The molecule has 0 aliphatic heterocycles. The van der Waals surface area contributed by atoms with Crippen LogP contribution in [0.3, 0.4) is 0 Å². The van der Waals surface area contributed by atoms with Crippen LogP contribution in [0, 0.1) is 0 Å². The van der Waals surface area contributed by atoms with Crippen LogP contribution in [-0.2, 0) is 0 Å². The number of aromatic nitrogens is 2. The fraction of sp³-hybridized carbons (Fsp3) is 0. The van der Waals surface area contributed by atoms with E-state index in [2.05, 4.69) is 25.9 Å². The van der Waals surface area contributed by atoms with Crippen LogP contribution in [-0.4, -0.2) is 9.97 Å². The number of thiophene rings is 1. The standard InChI is InChI=1S/C14H10BrN3S/c15-11-8-19-13-9(7-18-14(16)12(11)13)4-5-10-3-1-2-6-17-10/h1-8H,(H2,16,18)/b5-4+. The van der Waals surface area contributed by atoms with E-state index < -0.39 is 0 Å². The highest BCUT2D eigenvalue weighted by Crippen LogP contribution is 2.36. The topological polar surface area (TPSA) is 51.8 Å². The van der Waals surface area contributed by atoms with E-state index in [1.165, 1.54) is 0 Å². The third kappa shape index (κ3) is 2.39. The fourth-order valence-electron chi connectivity index (χ4n) is 1.82. The normalized spacial score (nSPS) is 11.4. The van der Waals surface area contributed by atoms with E-state index in [1.54, 1.807) is 23.7 Å². The van der Waals surface area contributed by atoms with Gasteiger partial charge in [0.1, 0.15) is 5.82 Å². The van der Waals surface area contributed by atoms with Gasteiger partial charge >= 0.3 is 0 Å². The van der Waals surface area contributed by atoms with Gasteiger partial charge in [-0.25, -0.2) is 4.98 Å². The summed E-state index contributed by atoms with van der Waals surface area (Å²) < 4.78 is 2.12. The molecule has 19 heavy (non-hydrogen) atoms. The van der Waals surface area contributed by atoms with E-state index in [0.29, 0.717) is 5.82 Å². The summed E-state index contributed by atoms with van der Waals surface area (Å²) in [5.74, 6) is 0.554. The summed E-state index contributed by atoms with van der Waals surface area (Å²) in [7, 11) is 0. The first-order valence-corrected chi connectivity index (χ1v) is 7.33. The molecule has 0 saturated carbocycles. The van der Waals surface area contributed by atoms with Crippen LogP contribution in [0.4, 0.5) is 5.82 Å². The van der Waals surface area contributed by atoms with Gasteiger partial charge in [-0.15, -0.1) is 11.3 Å². The van der Waals surface area contributed by atoms with Crippen molar-refractivity contribution in [3.63, 3.8) is 0 Å². The van der Waals surface area contributed by atoms with Gasteiger partial charge < -0.3 is 5.73 Å². The molecule has 3 rings (SSSR count). The van der Waals surface area contributed by atoms with Gasteiger partial charge in [-0.3, -0.25) is 4.98 Å². The van der Waals surface area contributed by atoms with E-state index in [-0.39, 0.29) is 0 Å². The molecule has 0 fully saturated rings. The average molecular weight is 332 g/mol. The van der Waals surface area contributed by atoms with Crippen molar-refractivity contribution in [2.75, 3.05) is 5.73 Å². The first-order chi connectivity index (χ1) is 9.25. The zero-order valence-corrected chi connectivity index (χ0v) is 12.3. The molecule has 0 aromatic carbocycles. The van der Waals surface area contributed by atoms with Gasteiger partial charge in [0.2, 0.25) is 0 Å². The van der Waals surface area contributed by atoms with Gasteiger partial charge in [0, 0.05) is 37.9 Å². The molecule has 3 aromatic heterocycles. The molecule has 3 nitrogen and oxygen atoms in total. The highest BCUT2D eigenvalue weighted by Gasteiger charge is 2.09. The molecule has 5 heteroatoms. The predicted molar refractivity (Wildman–Crippen MR) is 84.9 cm³/mol. The number of halogens is 1. The van der Waals surface area contributed by atoms with E-state index in [4.69, 9.17) is 5.73 Å². The van der Waals surface area contributed by atoms with Crippen LogP contribution in [0.15, 0.2) is 40.4 Å². The van der Waals surface area contributed by atoms with Crippen molar-refractivity contribution in [2.45, 2.75) is 0 Å². The number of anilines is 1. The Morgan fingerprint density at radius 3 is 2.89 bits per heavy atom. The van der Waals surface area contributed by atoms with Crippen LogP contribution < -0.4 is 5.73 Å². The van der Waals surface area contributed by atoms with Gasteiger partial charge in [0.25, 0.3) is 0 Å². The summed E-state index contributed by atoms with van der Waals surface area (Å²) in [6, 6.07) is 5.82. The molecule has 0 bridgehead atoms. The molecule has 94 valence electrons. The molecular weight excluding hydrogens is 322 g/mol. The second kappa shape index (κ2) is 5.11. The Morgan fingerprint density at radius 1 is 1.21 bits per heavy atom.